The van der Waals surface area contributed by atoms with E-state index in [1.54, 1.807) is 10.4 Å². The first-order chi connectivity index (χ1) is 7.85. The lowest BCUT2D eigenvalue weighted by atomic mass is 9.98. The third-order valence-corrected chi connectivity index (χ3v) is 4.72. The van der Waals surface area contributed by atoms with E-state index < -0.39 is 0 Å². The van der Waals surface area contributed by atoms with Gasteiger partial charge in [-0.25, -0.2) is 0 Å². The molecule has 0 saturated carbocycles. The van der Waals surface area contributed by atoms with Crippen LogP contribution in [0.4, 0.5) is 0 Å². The molecule has 0 fully saturated rings. The van der Waals surface area contributed by atoms with E-state index in [1.807, 2.05) is 17.4 Å². The van der Waals surface area contributed by atoms with E-state index in [1.165, 1.54) is 37.0 Å². The Kier molecular flexibility index (Phi) is 4.19. The summed E-state index contributed by atoms with van der Waals surface area (Å²) < 4.78 is 0. The van der Waals surface area contributed by atoms with Crippen molar-refractivity contribution < 1.29 is 0 Å². The van der Waals surface area contributed by atoms with Crippen molar-refractivity contribution >= 4 is 11.3 Å². The van der Waals surface area contributed by atoms with Crippen molar-refractivity contribution in [3.05, 3.63) is 34.0 Å². The zero-order valence-corrected chi connectivity index (χ0v) is 10.9. The average Bonchev–Trinajstić information content (AvgIpc) is 2.73. The van der Waals surface area contributed by atoms with Crippen LogP contribution in [0.2, 0.25) is 0 Å². The van der Waals surface area contributed by atoms with Crippen molar-refractivity contribution in [3.8, 4) is 0 Å². The lowest BCUT2D eigenvalue weighted by Gasteiger charge is -2.12. The molecule has 0 bridgehead atoms. The maximum atomic E-state index is 3.80. The molecule has 2 rings (SSSR count). The van der Waals surface area contributed by atoms with Crippen molar-refractivity contribution in [2.75, 3.05) is 7.05 Å². The van der Waals surface area contributed by atoms with Crippen molar-refractivity contribution in [2.24, 2.45) is 0 Å². The van der Waals surface area contributed by atoms with Gasteiger partial charge in [0, 0.05) is 15.8 Å². The van der Waals surface area contributed by atoms with Gasteiger partial charge in [0.15, 0.2) is 0 Å². The minimum Gasteiger partial charge on any atom is -0.312 e. The van der Waals surface area contributed by atoms with E-state index in [0.717, 1.165) is 6.42 Å². The Morgan fingerprint density at radius 1 is 1.50 bits per heavy atom. The molecule has 0 spiro atoms. The molecule has 1 aromatic heterocycles. The minimum absolute atomic E-state index is 0.522. The molecule has 0 saturated heterocycles. The third kappa shape index (κ3) is 2.55. The lowest BCUT2D eigenvalue weighted by Crippen LogP contribution is -2.14. The van der Waals surface area contributed by atoms with Crippen LogP contribution < -0.4 is 5.32 Å². The standard InChI is InChI=1S/C14H21NS/c1-3-4-8-12(15-2)14-10-11-7-5-6-9-13(11)16-14/h3,10,12,15H,1,4-9H2,2H3. The Labute approximate surface area is 103 Å². The lowest BCUT2D eigenvalue weighted by molar-refractivity contribution is 0.563. The summed E-state index contributed by atoms with van der Waals surface area (Å²) in [6, 6.07) is 2.96. The first-order valence-electron chi connectivity index (χ1n) is 6.24. The number of aryl methyl sites for hydroxylation is 2. The van der Waals surface area contributed by atoms with E-state index in [0.29, 0.717) is 6.04 Å². The Balaban J connectivity index is 2.11. The second-order valence-electron chi connectivity index (χ2n) is 4.51. The number of fused-ring (bicyclic) bond motifs is 1. The van der Waals surface area contributed by atoms with Gasteiger partial charge in [0.2, 0.25) is 0 Å². The highest BCUT2D eigenvalue weighted by molar-refractivity contribution is 7.12. The quantitative estimate of drug-likeness (QED) is 0.764. The molecule has 0 radical (unpaired) electrons. The topological polar surface area (TPSA) is 12.0 Å². The van der Waals surface area contributed by atoms with Crippen molar-refractivity contribution in [1.29, 1.82) is 0 Å². The van der Waals surface area contributed by atoms with Gasteiger partial charge in [0.1, 0.15) is 0 Å². The maximum Gasteiger partial charge on any atom is 0.0415 e. The van der Waals surface area contributed by atoms with Gasteiger partial charge >= 0.3 is 0 Å². The molecule has 2 heteroatoms. The summed E-state index contributed by atoms with van der Waals surface area (Å²) in [5.41, 5.74) is 1.62. The predicted molar refractivity (Wildman–Crippen MR) is 72.2 cm³/mol. The molecule has 1 unspecified atom stereocenters. The molecular weight excluding hydrogens is 214 g/mol. The predicted octanol–water partition coefficient (Wildman–Crippen LogP) is 3.85. The largest absolute Gasteiger partial charge is 0.312 e. The van der Waals surface area contributed by atoms with Crippen LogP contribution in [-0.4, -0.2) is 7.05 Å². The molecule has 1 aliphatic carbocycles. The molecule has 0 aliphatic heterocycles. The zero-order chi connectivity index (χ0) is 11.4. The summed E-state index contributed by atoms with van der Waals surface area (Å²) in [6.45, 7) is 3.80. The zero-order valence-electron chi connectivity index (χ0n) is 10.1. The minimum atomic E-state index is 0.522. The van der Waals surface area contributed by atoms with E-state index in [-0.39, 0.29) is 0 Å². The molecule has 0 aromatic carbocycles. The molecule has 1 aliphatic rings. The van der Waals surface area contributed by atoms with Gasteiger partial charge in [0.25, 0.3) is 0 Å². The first-order valence-corrected chi connectivity index (χ1v) is 7.06. The Morgan fingerprint density at radius 2 is 2.31 bits per heavy atom. The smallest absolute Gasteiger partial charge is 0.0415 e. The second-order valence-corrected chi connectivity index (χ2v) is 5.68. The normalized spacial score (nSPS) is 16.8. The van der Waals surface area contributed by atoms with Crippen LogP contribution in [0.3, 0.4) is 0 Å². The van der Waals surface area contributed by atoms with Gasteiger partial charge in [-0.1, -0.05) is 6.08 Å². The van der Waals surface area contributed by atoms with Crippen molar-refractivity contribution in [3.63, 3.8) is 0 Å². The summed E-state index contributed by atoms with van der Waals surface area (Å²) in [6.07, 6.45) is 9.62. The number of hydrogen-bond acceptors (Lipinski definition) is 2. The van der Waals surface area contributed by atoms with E-state index in [2.05, 4.69) is 25.0 Å². The molecule has 1 aromatic rings. The van der Waals surface area contributed by atoms with Gasteiger partial charge < -0.3 is 5.32 Å². The van der Waals surface area contributed by atoms with E-state index >= 15 is 0 Å². The van der Waals surface area contributed by atoms with Crippen LogP contribution in [0, 0.1) is 0 Å². The highest BCUT2D eigenvalue weighted by Crippen LogP contribution is 2.34. The second kappa shape index (κ2) is 5.65. The van der Waals surface area contributed by atoms with Gasteiger partial charge in [-0.3, -0.25) is 0 Å². The summed E-state index contributed by atoms with van der Waals surface area (Å²) >= 11 is 2.02. The molecule has 1 nitrogen and oxygen atoms in total. The molecule has 0 amide bonds. The fourth-order valence-corrected chi connectivity index (χ4v) is 3.80. The SMILES string of the molecule is C=CCCC(NC)c1cc2c(s1)CCCC2. The summed E-state index contributed by atoms with van der Waals surface area (Å²) in [5.74, 6) is 0. The molecular formula is C14H21NS. The number of nitrogens with one attached hydrogen (secondary N) is 1. The molecule has 1 N–H and O–H groups in total. The highest BCUT2D eigenvalue weighted by atomic mass is 32.1. The Hall–Kier alpha value is -0.600. The fraction of sp³-hybridized carbons (Fsp3) is 0.571. The molecule has 1 atom stereocenters. The van der Waals surface area contributed by atoms with Crippen LogP contribution in [0.1, 0.15) is 47.0 Å². The van der Waals surface area contributed by atoms with E-state index in [4.69, 9.17) is 0 Å². The van der Waals surface area contributed by atoms with Crippen LogP contribution in [0.5, 0.6) is 0 Å². The van der Waals surface area contributed by atoms with Gasteiger partial charge in [-0.05, 0) is 57.2 Å². The summed E-state index contributed by atoms with van der Waals surface area (Å²) in [7, 11) is 2.06. The fourth-order valence-electron chi connectivity index (χ4n) is 2.40. The monoisotopic (exact) mass is 235 g/mol. The van der Waals surface area contributed by atoms with Crippen molar-refractivity contribution in [1.82, 2.24) is 5.32 Å². The number of thiophene rings is 1. The number of hydrogen-bond donors (Lipinski definition) is 1. The van der Waals surface area contributed by atoms with Gasteiger partial charge in [-0.15, -0.1) is 17.9 Å². The molecule has 16 heavy (non-hydrogen) atoms. The van der Waals surface area contributed by atoms with Crippen LogP contribution in [-0.2, 0) is 12.8 Å². The summed E-state index contributed by atoms with van der Waals surface area (Å²) in [5, 5.41) is 3.42. The van der Waals surface area contributed by atoms with E-state index in [9.17, 15) is 0 Å². The Morgan fingerprint density at radius 3 is 3.00 bits per heavy atom. The number of allylic oxidation sites excluding steroid dienone is 1. The molecule has 88 valence electrons. The number of rotatable bonds is 5. The average molecular weight is 235 g/mol. The van der Waals surface area contributed by atoms with Crippen molar-refractivity contribution in [2.45, 2.75) is 44.6 Å². The molecule has 1 heterocycles. The first kappa shape index (κ1) is 11.9. The van der Waals surface area contributed by atoms with Crippen LogP contribution in [0.15, 0.2) is 18.7 Å². The summed E-state index contributed by atoms with van der Waals surface area (Å²) in [4.78, 5) is 3.16. The van der Waals surface area contributed by atoms with Gasteiger partial charge in [-0.2, -0.15) is 0 Å². The van der Waals surface area contributed by atoms with Gasteiger partial charge in [0.05, 0.1) is 0 Å². The van der Waals surface area contributed by atoms with Crippen LogP contribution in [0.25, 0.3) is 0 Å². The Bertz CT molecular complexity index is 330. The third-order valence-electron chi connectivity index (χ3n) is 3.37. The highest BCUT2D eigenvalue weighted by Gasteiger charge is 2.17. The maximum absolute atomic E-state index is 3.80. The van der Waals surface area contributed by atoms with Crippen LogP contribution >= 0.6 is 11.3 Å².